The van der Waals surface area contributed by atoms with Gasteiger partial charge in [-0.25, -0.2) is 0 Å². The van der Waals surface area contributed by atoms with Crippen LogP contribution in [0.15, 0.2) is 12.2 Å². The second-order valence-electron chi connectivity index (χ2n) is 3.56. The smallest absolute Gasteiger partial charge is 0.0227 e. The Kier molecular flexibility index (Phi) is 2.44. The quantitative estimate of drug-likeness (QED) is 0.535. The maximum absolute atomic E-state index is 5.62. The number of nitrogens with two attached hydrogens (primary N) is 1. The zero-order valence-corrected chi connectivity index (χ0v) is 6.86. The Morgan fingerprint density at radius 3 is 1.78 bits per heavy atom. The summed E-state index contributed by atoms with van der Waals surface area (Å²) < 4.78 is 0. The van der Waals surface area contributed by atoms with E-state index in [-0.39, 0.29) is 11.5 Å². The van der Waals surface area contributed by atoms with E-state index in [4.69, 9.17) is 5.73 Å². The fourth-order valence-corrected chi connectivity index (χ4v) is 0.683. The van der Waals surface area contributed by atoms with E-state index < -0.39 is 0 Å². The molecule has 0 bridgehead atoms. The van der Waals surface area contributed by atoms with Crippen LogP contribution in [-0.4, -0.2) is 6.04 Å². The minimum Gasteiger partial charge on any atom is -0.324 e. The van der Waals surface area contributed by atoms with Gasteiger partial charge in [0.15, 0.2) is 0 Å². The molecule has 0 saturated carbocycles. The van der Waals surface area contributed by atoms with Crippen molar-refractivity contribution < 1.29 is 0 Å². The molecule has 1 heteroatoms. The summed E-state index contributed by atoms with van der Waals surface area (Å²) >= 11 is 0. The first kappa shape index (κ1) is 8.70. The summed E-state index contributed by atoms with van der Waals surface area (Å²) in [4.78, 5) is 0. The second kappa shape index (κ2) is 2.53. The number of hydrogen-bond acceptors (Lipinski definition) is 1. The van der Waals surface area contributed by atoms with E-state index in [1.165, 1.54) is 0 Å². The van der Waals surface area contributed by atoms with E-state index in [0.29, 0.717) is 0 Å². The number of rotatable bonds is 1. The van der Waals surface area contributed by atoms with E-state index in [2.05, 4.69) is 27.4 Å². The molecule has 2 N–H and O–H groups in total. The molecule has 0 aromatic heterocycles. The average molecular weight is 127 g/mol. The van der Waals surface area contributed by atoms with Gasteiger partial charge in [-0.2, -0.15) is 0 Å². The zero-order chi connectivity index (χ0) is 7.65. The summed E-state index contributed by atoms with van der Waals surface area (Å²) in [7, 11) is 0. The van der Waals surface area contributed by atoms with Gasteiger partial charge in [0, 0.05) is 6.04 Å². The van der Waals surface area contributed by atoms with Crippen molar-refractivity contribution in [3.8, 4) is 0 Å². The summed E-state index contributed by atoms with van der Waals surface area (Å²) in [6.45, 7) is 12.2. The van der Waals surface area contributed by atoms with Gasteiger partial charge in [0.05, 0.1) is 0 Å². The van der Waals surface area contributed by atoms with E-state index in [0.717, 1.165) is 5.57 Å². The Balaban J connectivity index is 4.06. The molecule has 0 unspecified atom stereocenters. The summed E-state index contributed by atoms with van der Waals surface area (Å²) in [6, 6.07) is 0.116. The van der Waals surface area contributed by atoms with Crippen LogP contribution in [0.3, 0.4) is 0 Å². The first-order valence-electron chi connectivity index (χ1n) is 3.30. The highest BCUT2D eigenvalue weighted by Gasteiger charge is 2.16. The van der Waals surface area contributed by atoms with Crippen LogP contribution < -0.4 is 5.73 Å². The molecule has 0 aromatic rings. The maximum atomic E-state index is 5.62. The molecule has 0 amide bonds. The van der Waals surface area contributed by atoms with Gasteiger partial charge in [-0.15, -0.1) is 0 Å². The lowest BCUT2D eigenvalue weighted by Crippen LogP contribution is -2.25. The van der Waals surface area contributed by atoms with Gasteiger partial charge < -0.3 is 5.73 Å². The topological polar surface area (TPSA) is 26.0 Å². The predicted octanol–water partition coefficient (Wildman–Crippen LogP) is 1.94. The fraction of sp³-hybridized carbons (Fsp3) is 0.750. The molecule has 0 radical (unpaired) electrons. The van der Waals surface area contributed by atoms with Crippen molar-refractivity contribution >= 4 is 0 Å². The van der Waals surface area contributed by atoms with Crippen LogP contribution in [0.1, 0.15) is 27.7 Å². The van der Waals surface area contributed by atoms with Crippen molar-refractivity contribution in [2.45, 2.75) is 33.7 Å². The Labute approximate surface area is 57.9 Å². The molecule has 0 rings (SSSR count). The third kappa shape index (κ3) is 2.66. The van der Waals surface area contributed by atoms with Gasteiger partial charge in [0.25, 0.3) is 0 Å². The van der Waals surface area contributed by atoms with Gasteiger partial charge in [0.1, 0.15) is 0 Å². The van der Waals surface area contributed by atoms with Crippen molar-refractivity contribution in [1.29, 1.82) is 0 Å². The molecule has 0 spiro atoms. The van der Waals surface area contributed by atoms with Crippen molar-refractivity contribution in [3.05, 3.63) is 12.2 Å². The molecule has 0 aliphatic heterocycles. The van der Waals surface area contributed by atoms with Gasteiger partial charge in [0.2, 0.25) is 0 Å². The third-order valence-electron chi connectivity index (χ3n) is 1.51. The molecule has 0 fully saturated rings. The number of hydrogen-bond donors (Lipinski definition) is 1. The predicted molar refractivity (Wildman–Crippen MR) is 42.2 cm³/mol. The molecule has 9 heavy (non-hydrogen) atoms. The monoisotopic (exact) mass is 127 g/mol. The van der Waals surface area contributed by atoms with Crippen LogP contribution in [0.5, 0.6) is 0 Å². The maximum Gasteiger partial charge on any atom is 0.0227 e. The molecule has 1 nitrogen and oxygen atoms in total. The van der Waals surface area contributed by atoms with Crippen LogP contribution in [-0.2, 0) is 0 Å². The van der Waals surface area contributed by atoms with Crippen LogP contribution in [0.2, 0.25) is 0 Å². The first-order valence-corrected chi connectivity index (χ1v) is 3.30. The standard InChI is InChI=1S/C8H17N/c1-6(7(2)9)8(3,4)5/h7H,1,9H2,2-5H3/t7-/m1/s1. The summed E-state index contributed by atoms with van der Waals surface area (Å²) in [5.74, 6) is 0. The van der Waals surface area contributed by atoms with Crippen molar-refractivity contribution in [1.82, 2.24) is 0 Å². The highest BCUT2D eigenvalue weighted by Crippen LogP contribution is 2.24. The van der Waals surface area contributed by atoms with Gasteiger partial charge in [-0.1, -0.05) is 32.9 Å². The van der Waals surface area contributed by atoms with Crippen molar-refractivity contribution in [2.75, 3.05) is 0 Å². The van der Waals surface area contributed by atoms with Gasteiger partial charge in [-0.05, 0) is 12.3 Å². The minimum atomic E-state index is 0.116. The van der Waals surface area contributed by atoms with E-state index in [1.54, 1.807) is 0 Å². The molecule has 0 aliphatic rings. The molecule has 54 valence electrons. The average Bonchev–Trinajstić information content (AvgIpc) is 1.62. The molecule has 1 atom stereocenters. The normalized spacial score (nSPS) is 15.2. The largest absolute Gasteiger partial charge is 0.324 e. The van der Waals surface area contributed by atoms with Crippen LogP contribution >= 0.6 is 0 Å². The van der Waals surface area contributed by atoms with E-state index in [1.807, 2.05) is 6.92 Å². The van der Waals surface area contributed by atoms with Crippen LogP contribution in [0, 0.1) is 5.41 Å². The fourth-order valence-electron chi connectivity index (χ4n) is 0.683. The molecule has 0 heterocycles. The van der Waals surface area contributed by atoms with Crippen LogP contribution in [0.25, 0.3) is 0 Å². The van der Waals surface area contributed by atoms with Gasteiger partial charge in [-0.3, -0.25) is 0 Å². The Bertz CT molecular complexity index is 106. The van der Waals surface area contributed by atoms with Crippen molar-refractivity contribution in [2.24, 2.45) is 11.1 Å². The molecule has 0 aliphatic carbocycles. The second-order valence-corrected chi connectivity index (χ2v) is 3.56. The Hall–Kier alpha value is -0.300. The minimum absolute atomic E-state index is 0.116. The SMILES string of the molecule is C=C([C@@H](C)N)C(C)(C)C. The highest BCUT2D eigenvalue weighted by molar-refractivity contribution is 5.10. The Morgan fingerprint density at radius 2 is 1.78 bits per heavy atom. The zero-order valence-electron chi connectivity index (χ0n) is 6.86. The Morgan fingerprint density at radius 1 is 1.44 bits per heavy atom. The van der Waals surface area contributed by atoms with Gasteiger partial charge >= 0.3 is 0 Å². The lowest BCUT2D eigenvalue weighted by molar-refractivity contribution is 0.472. The highest BCUT2D eigenvalue weighted by atomic mass is 14.6. The lowest BCUT2D eigenvalue weighted by atomic mass is 9.84. The third-order valence-corrected chi connectivity index (χ3v) is 1.51. The van der Waals surface area contributed by atoms with Crippen LogP contribution in [0.4, 0.5) is 0 Å². The first-order chi connectivity index (χ1) is 3.85. The van der Waals surface area contributed by atoms with E-state index in [9.17, 15) is 0 Å². The summed E-state index contributed by atoms with van der Waals surface area (Å²) in [5.41, 5.74) is 6.90. The molecule has 0 saturated heterocycles. The lowest BCUT2D eigenvalue weighted by Gasteiger charge is -2.24. The van der Waals surface area contributed by atoms with Crippen molar-refractivity contribution in [3.63, 3.8) is 0 Å². The summed E-state index contributed by atoms with van der Waals surface area (Å²) in [6.07, 6.45) is 0. The molecular formula is C8H17N. The van der Waals surface area contributed by atoms with E-state index >= 15 is 0 Å². The summed E-state index contributed by atoms with van der Waals surface area (Å²) in [5, 5.41) is 0. The molecular weight excluding hydrogens is 110 g/mol. The molecule has 0 aromatic carbocycles.